The van der Waals surface area contributed by atoms with Crippen LogP contribution in [0.5, 0.6) is 0 Å². The summed E-state index contributed by atoms with van der Waals surface area (Å²) in [6.07, 6.45) is 0.410. The van der Waals surface area contributed by atoms with Gasteiger partial charge in [0.1, 0.15) is 6.04 Å². The Morgan fingerprint density at radius 1 is 1.08 bits per heavy atom. The molecular weight excluding hydrogens is 358 g/mol. The maximum atomic E-state index is 12.1. The van der Waals surface area contributed by atoms with Crippen LogP contribution in [0.3, 0.4) is 0 Å². The summed E-state index contributed by atoms with van der Waals surface area (Å²) in [5.74, 6) is -1.70. The first-order valence-electron chi connectivity index (χ1n) is 7.86. The predicted molar refractivity (Wildman–Crippen MR) is 96.8 cm³/mol. The predicted octanol–water partition coefficient (Wildman–Crippen LogP) is 2.42. The normalized spacial score (nSPS) is 12.6. The first-order chi connectivity index (χ1) is 12.4. The molecule has 1 heterocycles. The number of halogens is 1. The molecule has 0 aliphatic heterocycles. The number of esters is 1. The smallest absolute Gasteiger partial charge is 0.329 e. The van der Waals surface area contributed by atoms with Crippen LogP contribution >= 0.6 is 11.6 Å². The zero-order chi connectivity index (χ0) is 19.1. The van der Waals surface area contributed by atoms with Crippen LogP contribution in [0.1, 0.15) is 24.2 Å². The van der Waals surface area contributed by atoms with Crippen molar-refractivity contribution in [2.45, 2.75) is 26.0 Å². The summed E-state index contributed by atoms with van der Waals surface area (Å²) in [5, 5.41) is 5.17. The van der Waals surface area contributed by atoms with Crippen LogP contribution in [0.4, 0.5) is 5.69 Å². The van der Waals surface area contributed by atoms with E-state index in [1.165, 1.54) is 20.0 Å². The lowest BCUT2D eigenvalue weighted by molar-refractivity contribution is -0.154. The molecule has 1 aromatic carbocycles. The first-order valence-corrected chi connectivity index (χ1v) is 8.24. The average Bonchev–Trinajstić information content (AvgIpc) is 2.64. The number of carbonyl (C=O) groups is 3. The van der Waals surface area contributed by atoms with Crippen molar-refractivity contribution in [1.82, 2.24) is 10.3 Å². The van der Waals surface area contributed by atoms with Crippen molar-refractivity contribution in [2.75, 3.05) is 5.32 Å². The summed E-state index contributed by atoms with van der Waals surface area (Å²) in [7, 11) is 0. The molecule has 2 amide bonds. The number of ether oxygens (including phenoxy) is 1. The van der Waals surface area contributed by atoms with Gasteiger partial charge in [-0.2, -0.15) is 0 Å². The Hall–Kier alpha value is -2.93. The fraction of sp³-hybridized carbons (Fsp3) is 0.222. The molecule has 1 aromatic heterocycles. The Kier molecular flexibility index (Phi) is 6.68. The summed E-state index contributed by atoms with van der Waals surface area (Å²) in [4.78, 5) is 40.1. The van der Waals surface area contributed by atoms with Crippen LogP contribution in [0.15, 0.2) is 48.7 Å². The highest BCUT2D eigenvalue weighted by Crippen LogP contribution is 2.17. The van der Waals surface area contributed by atoms with Crippen molar-refractivity contribution < 1.29 is 19.1 Å². The third-order valence-electron chi connectivity index (χ3n) is 3.42. The van der Waals surface area contributed by atoms with Crippen molar-refractivity contribution in [1.29, 1.82) is 0 Å². The fourth-order valence-electron chi connectivity index (χ4n) is 1.97. The number of aromatic nitrogens is 1. The monoisotopic (exact) mass is 375 g/mol. The van der Waals surface area contributed by atoms with E-state index in [0.29, 0.717) is 11.3 Å². The van der Waals surface area contributed by atoms with E-state index in [-0.39, 0.29) is 5.15 Å². The van der Waals surface area contributed by atoms with Gasteiger partial charge in [0.25, 0.3) is 11.8 Å². The quantitative estimate of drug-likeness (QED) is 0.597. The zero-order valence-electron chi connectivity index (χ0n) is 14.2. The van der Waals surface area contributed by atoms with Crippen LogP contribution in [0.25, 0.3) is 0 Å². The minimum Gasteiger partial charge on any atom is -0.451 e. The Morgan fingerprint density at radius 2 is 1.77 bits per heavy atom. The van der Waals surface area contributed by atoms with Gasteiger partial charge in [0.05, 0.1) is 5.69 Å². The largest absolute Gasteiger partial charge is 0.451 e. The van der Waals surface area contributed by atoms with Crippen LogP contribution in [0, 0.1) is 0 Å². The van der Waals surface area contributed by atoms with Crippen molar-refractivity contribution in [3.8, 4) is 0 Å². The lowest BCUT2D eigenvalue weighted by Crippen LogP contribution is -2.42. The molecule has 2 rings (SSSR count). The highest BCUT2D eigenvalue weighted by Gasteiger charge is 2.24. The molecule has 136 valence electrons. The molecule has 8 heteroatoms. The zero-order valence-corrected chi connectivity index (χ0v) is 15.0. The lowest BCUT2D eigenvalue weighted by Gasteiger charge is -2.17. The van der Waals surface area contributed by atoms with E-state index in [2.05, 4.69) is 15.6 Å². The molecular formula is C18H18ClN3O4. The number of benzene rings is 1. The third-order valence-corrected chi connectivity index (χ3v) is 3.72. The number of rotatable bonds is 6. The molecule has 2 N–H and O–H groups in total. The third kappa shape index (κ3) is 5.29. The molecule has 2 aromatic rings. The van der Waals surface area contributed by atoms with Gasteiger partial charge in [0.15, 0.2) is 11.3 Å². The number of nitrogens with zero attached hydrogens (tertiary/aromatic N) is 1. The Labute approximate surface area is 155 Å². The van der Waals surface area contributed by atoms with Gasteiger partial charge < -0.3 is 15.4 Å². The van der Waals surface area contributed by atoms with Gasteiger partial charge in [-0.15, -0.1) is 0 Å². The molecule has 0 fully saturated rings. The van der Waals surface area contributed by atoms with E-state index >= 15 is 0 Å². The number of carbonyl (C=O) groups excluding carboxylic acids is 3. The topological polar surface area (TPSA) is 97.4 Å². The molecule has 0 saturated heterocycles. The molecule has 0 aliphatic carbocycles. The van der Waals surface area contributed by atoms with Gasteiger partial charge in [-0.05, 0) is 38.1 Å². The van der Waals surface area contributed by atoms with Gasteiger partial charge in [-0.25, -0.2) is 9.78 Å². The summed E-state index contributed by atoms with van der Waals surface area (Å²) in [5.41, 5.74) is 0.733. The van der Waals surface area contributed by atoms with Crippen LogP contribution < -0.4 is 10.6 Å². The molecule has 0 radical (unpaired) electrons. The fourth-order valence-corrected chi connectivity index (χ4v) is 2.14. The first kappa shape index (κ1) is 19.4. The minimum absolute atomic E-state index is 0.128. The number of amides is 2. The Morgan fingerprint density at radius 3 is 2.42 bits per heavy atom. The van der Waals surface area contributed by atoms with Crippen LogP contribution in [-0.2, 0) is 14.3 Å². The van der Waals surface area contributed by atoms with Crippen molar-refractivity contribution in [3.63, 3.8) is 0 Å². The van der Waals surface area contributed by atoms with Gasteiger partial charge in [0, 0.05) is 11.8 Å². The number of hydrogen-bond donors (Lipinski definition) is 2. The van der Waals surface area contributed by atoms with E-state index in [4.69, 9.17) is 16.3 Å². The Balaban J connectivity index is 1.88. The second-order valence-corrected chi connectivity index (χ2v) is 5.83. The molecule has 26 heavy (non-hydrogen) atoms. The van der Waals surface area contributed by atoms with E-state index < -0.39 is 29.9 Å². The SMILES string of the molecule is C[C@H](NC(=O)c1ccccc1)C(=O)O[C@H](C)C(=O)Nc1cccnc1Cl. The highest BCUT2D eigenvalue weighted by molar-refractivity contribution is 6.32. The number of pyridine rings is 1. The summed E-state index contributed by atoms with van der Waals surface area (Å²) < 4.78 is 5.09. The van der Waals surface area contributed by atoms with Crippen molar-refractivity contribution >= 4 is 35.1 Å². The highest BCUT2D eigenvalue weighted by atomic mass is 35.5. The van der Waals surface area contributed by atoms with Gasteiger partial charge in [-0.1, -0.05) is 29.8 Å². The van der Waals surface area contributed by atoms with E-state index in [0.717, 1.165) is 0 Å². The molecule has 0 bridgehead atoms. The molecule has 0 aliphatic rings. The minimum atomic E-state index is -1.07. The molecule has 2 atom stereocenters. The standard InChI is InChI=1S/C18H18ClN3O4/c1-11(21-17(24)13-7-4-3-5-8-13)18(25)26-12(2)16(23)22-14-9-6-10-20-15(14)19/h3-12H,1-2H3,(H,21,24)(H,22,23)/t11-,12+/m0/s1. The van der Waals surface area contributed by atoms with Gasteiger partial charge in [0.2, 0.25) is 0 Å². The molecule has 0 unspecified atom stereocenters. The van der Waals surface area contributed by atoms with E-state index in [9.17, 15) is 14.4 Å². The van der Waals surface area contributed by atoms with E-state index in [1.807, 2.05) is 0 Å². The Bertz CT molecular complexity index is 798. The summed E-state index contributed by atoms with van der Waals surface area (Å²) in [6.45, 7) is 2.90. The van der Waals surface area contributed by atoms with Crippen LogP contribution in [-0.4, -0.2) is 34.9 Å². The lowest BCUT2D eigenvalue weighted by atomic mass is 10.2. The van der Waals surface area contributed by atoms with Crippen molar-refractivity contribution in [2.24, 2.45) is 0 Å². The maximum Gasteiger partial charge on any atom is 0.329 e. The average molecular weight is 376 g/mol. The maximum absolute atomic E-state index is 12.1. The van der Waals surface area contributed by atoms with Crippen molar-refractivity contribution in [3.05, 3.63) is 59.4 Å². The summed E-state index contributed by atoms with van der Waals surface area (Å²) in [6, 6.07) is 10.7. The number of hydrogen-bond acceptors (Lipinski definition) is 5. The second kappa shape index (κ2) is 8.96. The number of nitrogens with one attached hydrogen (secondary N) is 2. The van der Waals surface area contributed by atoms with Crippen LogP contribution in [0.2, 0.25) is 5.15 Å². The van der Waals surface area contributed by atoms with Gasteiger partial charge >= 0.3 is 5.97 Å². The molecule has 0 spiro atoms. The molecule has 7 nitrogen and oxygen atoms in total. The van der Waals surface area contributed by atoms with Gasteiger partial charge in [-0.3, -0.25) is 9.59 Å². The number of anilines is 1. The van der Waals surface area contributed by atoms with E-state index in [1.54, 1.807) is 42.5 Å². The second-order valence-electron chi connectivity index (χ2n) is 5.47. The summed E-state index contributed by atoms with van der Waals surface area (Å²) >= 11 is 5.86. The molecule has 0 saturated carbocycles.